The Bertz CT molecular complexity index is 250. The van der Waals surface area contributed by atoms with Gasteiger partial charge in [-0.1, -0.05) is 13.8 Å². The van der Waals surface area contributed by atoms with Gasteiger partial charge in [0.1, 0.15) is 0 Å². The monoisotopic (exact) mass is 241 g/mol. The number of halogens is 1. The summed E-state index contributed by atoms with van der Waals surface area (Å²) >= 11 is 5.76. The van der Waals surface area contributed by atoms with Crippen LogP contribution in [0.4, 0.5) is 0 Å². The molecule has 0 saturated heterocycles. The number of rotatable bonds is 6. The zero-order chi connectivity index (χ0) is 11.4. The smallest absolute Gasteiger partial charge is 0.212 e. The highest BCUT2D eigenvalue weighted by atomic mass is 35.5. The largest absolute Gasteiger partial charge is 0.214 e. The van der Waals surface area contributed by atoms with Crippen LogP contribution in [0.15, 0.2) is 0 Å². The number of nitrogens with zero attached hydrogens (tertiary/aromatic N) is 1. The summed E-state index contributed by atoms with van der Waals surface area (Å²) in [5.41, 5.74) is 0. The summed E-state index contributed by atoms with van der Waals surface area (Å²) in [4.78, 5) is 0. The highest BCUT2D eigenvalue weighted by Gasteiger charge is 2.19. The van der Waals surface area contributed by atoms with E-state index in [1.165, 1.54) is 4.31 Å². The first kappa shape index (κ1) is 14.2. The number of sulfonamides is 1. The third-order valence-electron chi connectivity index (χ3n) is 1.86. The Balaban J connectivity index is 4.15. The van der Waals surface area contributed by atoms with Crippen molar-refractivity contribution in [1.82, 2.24) is 4.31 Å². The second-order valence-corrected chi connectivity index (χ2v) is 6.93. The standard InChI is InChI=1S/C9H20ClNO2S/c1-8(2)7-14(12,13)11(4)6-5-9(3)10/h8-9H,5-7H2,1-4H3. The van der Waals surface area contributed by atoms with Crippen molar-refractivity contribution in [1.29, 1.82) is 0 Å². The molecule has 5 heteroatoms. The molecule has 0 aliphatic heterocycles. The fraction of sp³-hybridized carbons (Fsp3) is 1.00. The third kappa shape index (κ3) is 5.83. The van der Waals surface area contributed by atoms with Gasteiger partial charge in [0.25, 0.3) is 0 Å². The highest BCUT2D eigenvalue weighted by molar-refractivity contribution is 7.89. The molecule has 0 rings (SSSR count). The molecule has 3 nitrogen and oxygen atoms in total. The molecule has 0 aliphatic carbocycles. The molecular formula is C9H20ClNO2S. The number of alkyl halides is 1. The van der Waals surface area contributed by atoms with Crippen LogP contribution in [0.1, 0.15) is 27.2 Å². The number of hydrogen-bond donors (Lipinski definition) is 0. The van der Waals surface area contributed by atoms with E-state index in [1.54, 1.807) is 7.05 Å². The van der Waals surface area contributed by atoms with Crippen molar-refractivity contribution < 1.29 is 8.42 Å². The zero-order valence-corrected chi connectivity index (χ0v) is 10.9. The van der Waals surface area contributed by atoms with Gasteiger partial charge in [0.2, 0.25) is 10.0 Å². The summed E-state index contributed by atoms with van der Waals surface area (Å²) in [5.74, 6) is 0.371. The summed E-state index contributed by atoms with van der Waals surface area (Å²) in [5, 5.41) is 0.0201. The Morgan fingerprint density at radius 3 is 2.14 bits per heavy atom. The van der Waals surface area contributed by atoms with Gasteiger partial charge in [-0.25, -0.2) is 12.7 Å². The molecule has 0 fully saturated rings. The van der Waals surface area contributed by atoms with Crippen LogP contribution in [0.5, 0.6) is 0 Å². The fourth-order valence-corrected chi connectivity index (χ4v) is 2.63. The molecule has 1 unspecified atom stereocenters. The van der Waals surface area contributed by atoms with Gasteiger partial charge < -0.3 is 0 Å². The maximum atomic E-state index is 11.6. The topological polar surface area (TPSA) is 37.4 Å². The van der Waals surface area contributed by atoms with Crippen molar-refractivity contribution in [3.05, 3.63) is 0 Å². The minimum Gasteiger partial charge on any atom is -0.212 e. The van der Waals surface area contributed by atoms with Gasteiger partial charge in [0.05, 0.1) is 5.75 Å². The van der Waals surface area contributed by atoms with E-state index in [0.29, 0.717) is 13.0 Å². The van der Waals surface area contributed by atoms with Crippen LogP contribution in [0.3, 0.4) is 0 Å². The van der Waals surface area contributed by atoms with Crippen molar-refractivity contribution in [2.24, 2.45) is 5.92 Å². The predicted molar refractivity (Wildman–Crippen MR) is 61.2 cm³/mol. The zero-order valence-electron chi connectivity index (χ0n) is 9.33. The minimum absolute atomic E-state index is 0.0201. The molecule has 0 aromatic carbocycles. The Morgan fingerprint density at radius 2 is 1.79 bits per heavy atom. The maximum absolute atomic E-state index is 11.6. The molecule has 0 bridgehead atoms. The van der Waals surface area contributed by atoms with Gasteiger partial charge in [-0.2, -0.15) is 0 Å². The fourth-order valence-electron chi connectivity index (χ4n) is 1.05. The lowest BCUT2D eigenvalue weighted by Gasteiger charge is -2.18. The van der Waals surface area contributed by atoms with E-state index in [9.17, 15) is 8.42 Å². The van der Waals surface area contributed by atoms with E-state index in [4.69, 9.17) is 11.6 Å². The first-order valence-corrected chi connectivity index (χ1v) is 6.88. The van der Waals surface area contributed by atoms with Crippen LogP contribution >= 0.6 is 11.6 Å². The molecule has 0 spiro atoms. The molecule has 1 atom stereocenters. The third-order valence-corrected chi connectivity index (χ3v) is 4.30. The molecule has 0 aromatic rings. The molecule has 0 aliphatic rings. The van der Waals surface area contributed by atoms with E-state index in [2.05, 4.69) is 0 Å². The SMILES string of the molecule is CC(C)CS(=O)(=O)N(C)CCC(C)Cl. The molecule has 0 heterocycles. The molecule has 0 N–H and O–H groups in total. The first-order valence-electron chi connectivity index (χ1n) is 4.83. The van der Waals surface area contributed by atoms with Crippen LogP contribution in [0.2, 0.25) is 0 Å². The van der Waals surface area contributed by atoms with Gasteiger partial charge >= 0.3 is 0 Å². The van der Waals surface area contributed by atoms with E-state index in [0.717, 1.165) is 0 Å². The molecule has 14 heavy (non-hydrogen) atoms. The number of hydrogen-bond acceptors (Lipinski definition) is 2. The van der Waals surface area contributed by atoms with Gasteiger partial charge in [-0.3, -0.25) is 0 Å². The maximum Gasteiger partial charge on any atom is 0.214 e. The van der Waals surface area contributed by atoms with E-state index in [-0.39, 0.29) is 17.0 Å². The van der Waals surface area contributed by atoms with Crippen molar-refractivity contribution in [3.63, 3.8) is 0 Å². The minimum atomic E-state index is -3.08. The quantitative estimate of drug-likeness (QED) is 0.667. The molecule has 0 saturated carbocycles. The molecule has 0 aromatic heterocycles. The van der Waals surface area contributed by atoms with Crippen LogP contribution in [-0.2, 0) is 10.0 Å². The normalized spacial score (nSPS) is 15.1. The van der Waals surface area contributed by atoms with Crippen LogP contribution in [-0.4, -0.2) is 37.4 Å². The van der Waals surface area contributed by atoms with Crippen molar-refractivity contribution >= 4 is 21.6 Å². The summed E-state index contributed by atoms with van der Waals surface area (Å²) in [7, 11) is -1.47. The lowest BCUT2D eigenvalue weighted by atomic mass is 10.3. The van der Waals surface area contributed by atoms with Gasteiger partial charge in [0.15, 0.2) is 0 Å². The Morgan fingerprint density at radius 1 is 1.29 bits per heavy atom. The van der Waals surface area contributed by atoms with E-state index < -0.39 is 10.0 Å². The Labute approximate surface area is 92.5 Å². The molecule has 86 valence electrons. The Hall–Kier alpha value is 0.200. The Kier molecular flexibility index (Phi) is 6.02. The van der Waals surface area contributed by atoms with Crippen LogP contribution in [0, 0.1) is 5.92 Å². The summed E-state index contributed by atoms with van der Waals surface area (Å²) in [6.07, 6.45) is 0.690. The second-order valence-electron chi connectivity index (χ2n) is 4.06. The van der Waals surface area contributed by atoms with Crippen LogP contribution in [0.25, 0.3) is 0 Å². The lowest BCUT2D eigenvalue weighted by molar-refractivity contribution is 0.454. The van der Waals surface area contributed by atoms with E-state index >= 15 is 0 Å². The van der Waals surface area contributed by atoms with Gasteiger partial charge in [-0.15, -0.1) is 11.6 Å². The summed E-state index contributed by atoms with van der Waals surface area (Å²) in [6.45, 7) is 6.16. The van der Waals surface area contributed by atoms with E-state index in [1.807, 2.05) is 20.8 Å². The van der Waals surface area contributed by atoms with Crippen LogP contribution < -0.4 is 0 Å². The first-order chi connectivity index (χ1) is 6.25. The summed E-state index contributed by atoms with van der Waals surface area (Å²) < 4.78 is 24.7. The average molecular weight is 242 g/mol. The van der Waals surface area contributed by atoms with Crippen molar-refractivity contribution in [3.8, 4) is 0 Å². The average Bonchev–Trinajstić information content (AvgIpc) is 1.97. The summed E-state index contributed by atoms with van der Waals surface area (Å²) in [6, 6.07) is 0. The molecule has 0 radical (unpaired) electrons. The van der Waals surface area contributed by atoms with Crippen molar-refractivity contribution in [2.75, 3.05) is 19.3 Å². The molecule has 0 amide bonds. The second kappa shape index (κ2) is 5.93. The lowest BCUT2D eigenvalue weighted by Crippen LogP contribution is -2.32. The van der Waals surface area contributed by atoms with Gasteiger partial charge in [-0.05, 0) is 19.3 Å². The molecular weight excluding hydrogens is 222 g/mol. The predicted octanol–water partition coefficient (Wildman–Crippen LogP) is 1.92. The van der Waals surface area contributed by atoms with Crippen molar-refractivity contribution in [2.45, 2.75) is 32.6 Å². The highest BCUT2D eigenvalue weighted by Crippen LogP contribution is 2.08. The van der Waals surface area contributed by atoms with Gasteiger partial charge in [0, 0.05) is 19.0 Å².